The molecule has 4 rings (SSSR count). The number of carboxylic acid groups (broad SMARTS) is 1. The minimum Gasteiger partial charge on any atom is -0.481 e. The Morgan fingerprint density at radius 3 is 3.00 bits per heavy atom. The molecule has 0 radical (unpaired) electrons. The van der Waals surface area contributed by atoms with Gasteiger partial charge in [-0.3, -0.25) is 14.7 Å². The second-order valence-electron chi connectivity index (χ2n) is 6.63. The average molecular weight is 316 g/mol. The monoisotopic (exact) mass is 316 g/mol. The highest BCUT2D eigenvalue weighted by Gasteiger charge is 2.47. The van der Waals surface area contributed by atoms with Crippen molar-refractivity contribution in [3.63, 3.8) is 0 Å². The summed E-state index contributed by atoms with van der Waals surface area (Å²) in [7, 11) is 0. The van der Waals surface area contributed by atoms with Gasteiger partial charge in [-0.05, 0) is 50.3 Å². The summed E-state index contributed by atoms with van der Waals surface area (Å²) >= 11 is 1.78. The summed E-state index contributed by atoms with van der Waals surface area (Å²) < 4.78 is 1.21. The van der Waals surface area contributed by atoms with Gasteiger partial charge in [-0.2, -0.15) is 0 Å². The molecule has 0 amide bonds. The third-order valence-corrected chi connectivity index (χ3v) is 6.46. The van der Waals surface area contributed by atoms with Gasteiger partial charge in [0, 0.05) is 29.7 Å². The van der Waals surface area contributed by atoms with Crippen LogP contribution in [-0.4, -0.2) is 33.0 Å². The Balaban J connectivity index is 1.59. The first kappa shape index (κ1) is 14.2. The van der Waals surface area contributed by atoms with E-state index < -0.39 is 5.97 Å². The molecule has 1 atom stereocenters. The Labute approximate surface area is 133 Å². The van der Waals surface area contributed by atoms with E-state index in [4.69, 9.17) is 0 Å². The standard InChI is InChI=1S/C17H20N2O2S/c20-16(21)12-4-7-17(5-2-6-17)19(10-12)11-13-9-14-15(22-13)3-1-8-18-14/h1,3,8-9,12H,2,4-7,10-11H2,(H,20,21). The number of hydrogen-bond donors (Lipinski definition) is 1. The second-order valence-corrected chi connectivity index (χ2v) is 7.80. The van der Waals surface area contributed by atoms with Crippen molar-refractivity contribution in [2.45, 2.75) is 44.2 Å². The van der Waals surface area contributed by atoms with Gasteiger partial charge in [0.25, 0.3) is 0 Å². The number of carbonyl (C=O) groups is 1. The predicted molar refractivity (Wildman–Crippen MR) is 87.0 cm³/mol. The first-order valence-corrected chi connectivity index (χ1v) is 8.79. The van der Waals surface area contributed by atoms with Gasteiger partial charge in [-0.1, -0.05) is 0 Å². The SMILES string of the molecule is O=C(O)C1CCC2(CCC2)N(Cc2cc3ncccc3s2)C1. The number of aromatic nitrogens is 1. The molecule has 1 N–H and O–H groups in total. The number of rotatable bonds is 3. The summed E-state index contributed by atoms with van der Waals surface area (Å²) in [5.41, 5.74) is 1.33. The van der Waals surface area contributed by atoms with Crippen LogP contribution >= 0.6 is 11.3 Å². The molecular formula is C17H20N2O2S. The Morgan fingerprint density at radius 1 is 1.45 bits per heavy atom. The Morgan fingerprint density at radius 2 is 2.32 bits per heavy atom. The summed E-state index contributed by atoms with van der Waals surface area (Å²) in [4.78, 5) is 19.5. The van der Waals surface area contributed by atoms with Crippen LogP contribution in [0.1, 0.15) is 37.0 Å². The van der Waals surface area contributed by atoms with Crippen LogP contribution in [0.2, 0.25) is 0 Å². The predicted octanol–water partition coefficient (Wildman–Crippen LogP) is 3.52. The smallest absolute Gasteiger partial charge is 0.307 e. The van der Waals surface area contributed by atoms with Crippen LogP contribution in [0, 0.1) is 5.92 Å². The molecule has 22 heavy (non-hydrogen) atoms. The van der Waals surface area contributed by atoms with E-state index in [1.54, 1.807) is 11.3 Å². The Kier molecular flexibility index (Phi) is 3.42. The summed E-state index contributed by atoms with van der Waals surface area (Å²) in [6.45, 7) is 1.56. The molecular weight excluding hydrogens is 296 g/mol. The lowest BCUT2D eigenvalue weighted by Gasteiger charge is -2.54. The van der Waals surface area contributed by atoms with Crippen LogP contribution in [-0.2, 0) is 11.3 Å². The van der Waals surface area contributed by atoms with Gasteiger partial charge in [0.05, 0.1) is 16.1 Å². The van der Waals surface area contributed by atoms with E-state index in [-0.39, 0.29) is 11.5 Å². The van der Waals surface area contributed by atoms with E-state index in [0.717, 1.165) is 24.9 Å². The van der Waals surface area contributed by atoms with Gasteiger partial charge in [-0.25, -0.2) is 0 Å². The molecule has 2 aromatic heterocycles. The Hall–Kier alpha value is -1.46. The molecule has 1 saturated heterocycles. The fourth-order valence-electron chi connectivity index (χ4n) is 3.92. The van der Waals surface area contributed by atoms with Crippen molar-refractivity contribution in [3.05, 3.63) is 29.3 Å². The summed E-state index contributed by atoms with van der Waals surface area (Å²) in [6.07, 6.45) is 7.42. The highest BCUT2D eigenvalue weighted by molar-refractivity contribution is 7.19. The molecule has 116 valence electrons. The van der Waals surface area contributed by atoms with E-state index in [1.807, 2.05) is 12.3 Å². The van der Waals surface area contributed by atoms with Crippen molar-refractivity contribution < 1.29 is 9.90 Å². The number of aliphatic carboxylic acids is 1. The molecule has 2 fully saturated rings. The maximum atomic E-state index is 11.4. The zero-order chi connectivity index (χ0) is 15.2. The largest absolute Gasteiger partial charge is 0.481 e. The van der Waals surface area contributed by atoms with Crippen LogP contribution in [0.5, 0.6) is 0 Å². The molecule has 1 spiro atoms. The van der Waals surface area contributed by atoms with Crippen LogP contribution in [0.25, 0.3) is 10.2 Å². The minimum atomic E-state index is -0.641. The van der Waals surface area contributed by atoms with E-state index in [0.29, 0.717) is 6.54 Å². The van der Waals surface area contributed by atoms with Gasteiger partial charge in [-0.15, -0.1) is 11.3 Å². The van der Waals surface area contributed by atoms with Crippen molar-refractivity contribution >= 4 is 27.5 Å². The van der Waals surface area contributed by atoms with Crippen LogP contribution in [0.4, 0.5) is 0 Å². The fraction of sp³-hybridized carbons (Fsp3) is 0.529. The molecule has 2 aromatic rings. The van der Waals surface area contributed by atoms with Gasteiger partial charge in [0.15, 0.2) is 0 Å². The Bertz CT molecular complexity index is 675. The number of nitrogens with zero attached hydrogens (tertiary/aromatic N) is 2. The normalized spacial score (nSPS) is 24.5. The van der Waals surface area contributed by atoms with Gasteiger partial charge in [0.2, 0.25) is 0 Å². The number of fused-ring (bicyclic) bond motifs is 1. The summed E-state index contributed by atoms with van der Waals surface area (Å²) in [6, 6.07) is 6.24. The highest BCUT2D eigenvalue weighted by Crippen LogP contribution is 2.46. The molecule has 4 nitrogen and oxygen atoms in total. The molecule has 0 bridgehead atoms. The summed E-state index contributed by atoms with van der Waals surface area (Å²) in [5.74, 6) is -0.851. The van der Waals surface area contributed by atoms with Gasteiger partial charge in [0.1, 0.15) is 0 Å². The van der Waals surface area contributed by atoms with Crippen molar-refractivity contribution in [2.24, 2.45) is 5.92 Å². The van der Waals surface area contributed by atoms with E-state index >= 15 is 0 Å². The average Bonchev–Trinajstić information content (AvgIpc) is 2.87. The highest BCUT2D eigenvalue weighted by atomic mass is 32.1. The topological polar surface area (TPSA) is 53.4 Å². The molecule has 1 unspecified atom stereocenters. The quantitative estimate of drug-likeness (QED) is 0.941. The van der Waals surface area contributed by atoms with Gasteiger partial charge < -0.3 is 5.11 Å². The fourth-order valence-corrected chi connectivity index (χ4v) is 4.96. The number of pyridine rings is 1. The summed E-state index contributed by atoms with van der Waals surface area (Å²) in [5, 5.41) is 9.36. The van der Waals surface area contributed by atoms with E-state index in [9.17, 15) is 9.90 Å². The van der Waals surface area contributed by atoms with Crippen molar-refractivity contribution in [3.8, 4) is 0 Å². The zero-order valence-electron chi connectivity index (χ0n) is 12.5. The number of piperidine rings is 1. The maximum absolute atomic E-state index is 11.4. The van der Waals surface area contributed by atoms with Crippen LogP contribution in [0.15, 0.2) is 24.4 Å². The lowest BCUT2D eigenvalue weighted by molar-refractivity contribution is -0.147. The first-order chi connectivity index (χ1) is 10.7. The molecule has 1 aliphatic heterocycles. The number of likely N-dealkylation sites (tertiary alicyclic amines) is 1. The first-order valence-electron chi connectivity index (χ1n) is 7.98. The lowest BCUT2D eigenvalue weighted by atomic mass is 9.68. The molecule has 2 aliphatic rings. The molecule has 5 heteroatoms. The van der Waals surface area contributed by atoms with Crippen molar-refractivity contribution in [1.29, 1.82) is 0 Å². The number of thiophene rings is 1. The second kappa shape index (κ2) is 5.32. The van der Waals surface area contributed by atoms with Crippen LogP contribution < -0.4 is 0 Å². The lowest BCUT2D eigenvalue weighted by Crippen LogP contribution is -2.58. The number of hydrogen-bond acceptors (Lipinski definition) is 4. The molecule has 1 saturated carbocycles. The number of carboxylic acids is 1. The molecule has 3 heterocycles. The van der Waals surface area contributed by atoms with Crippen LogP contribution in [0.3, 0.4) is 0 Å². The van der Waals surface area contributed by atoms with Gasteiger partial charge >= 0.3 is 5.97 Å². The van der Waals surface area contributed by atoms with E-state index in [2.05, 4.69) is 22.0 Å². The zero-order valence-corrected chi connectivity index (χ0v) is 13.3. The molecule has 0 aromatic carbocycles. The van der Waals surface area contributed by atoms with Crippen molar-refractivity contribution in [2.75, 3.05) is 6.54 Å². The third kappa shape index (κ3) is 2.32. The third-order valence-electron chi connectivity index (χ3n) is 5.39. The van der Waals surface area contributed by atoms with E-state index in [1.165, 1.54) is 28.8 Å². The maximum Gasteiger partial charge on any atom is 0.307 e. The molecule has 1 aliphatic carbocycles. The minimum absolute atomic E-state index is 0.210. The van der Waals surface area contributed by atoms with Crippen molar-refractivity contribution in [1.82, 2.24) is 9.88 Å².